The zero-order valence-electron chi connectivity index (χ0n) is 5.61. The van der Waals surface area contributed by atoms with Crippen LogP contribution in [0.1, 0.15) is 0 Å². The summed E-state index contributed by atoms with van der Waals surface area (Å²) in [5.74, 6) is 0. The molecule has 0 bridgehead atoms. The molecule has 0 aliphatic rings. The van der Waals surface area contributed by atoms with Gasteiger partial charge in [-0.3, -0.25) is 5.01 Å². The number of rotatable bonds is 2. The third-order valence-corrected chi connectivity index (χ3v) is 1.05. The molecule has 9 heavy (non-hydrogen) atoms. The monoisotopic (exact) mass is 141 g/mol. The molecule has 0 aliphatic heterocycles. The molecule has 0 aromatic carbocycles. The van der Waals surface area contributed by atoms with Crippen molar-refractivity contribution in [3.05, 3.63) is 0 Å². The normalized spacial score (nSPS) is 13.3. The molecule has 0 amide bonds. The maximum atomic E-state index is 11.6. The van der Waals surface area contributed by atoms with Crippen molar-refractivity contribution in [1.29, 1.82) is 0 Å². The molecule has 0 fully saturated rings. The minimum absolute atomic E-state index is 0.250. The van der Waals surface area contributed by atoms with Crippen LogP contribution in [-0.2, 0) is 0 Å². The fraction of sp³-hybridized carbons (Fsp3) is 1.00. The van der Waals surface area contributed by atoms with Crippen molar-refractivity contribution in [3.63, 3.8) is 0 Å². The summed E-state index contributed by atoms with van der Waals surface area (Å²) in [4.78, 5) is 0.250. The van der Waals surface area contributed by atoms with E-state index in [1.54, 1.807) is 0 Å². The van der Waals surface area contributed by atoms with Crippen LogP contribution in [0.4, 0.5) is 12.9 Å². The van der Waals surface area contributed by atoms with Crippen LogP contribution in [0, 0.1) is 0 Å². The Hall–Kier alpha value is -0.225. The van der Waals surface area contributed by atoms with E-state index >= 15 is 0 Å². The Balaban J connectivity index is 3.88. The first-order chi connectivity index (χ1) is 3.85. The first-order valence-electron chi connectivity index (χ1n) is 2.45. The highest BCUT2D eigenvalue weighted by molar-refractivity contribution is 6.54. The lowest BCUT2D eigenvalue weighted by Crippen LogP contribution is -2.48. The van der Waals surface area contributed by atoms with Gasteiger partial charge in [-0.15, -0.1) is 0 Å². The molecule has 6 heteroatoms. The maximum Gasteiger partial charge on any atom is 0.580 e. The van der Waals surface area contributed by atoms with Crippen molar-refractivity contribution in [1.82, 2.24) is 9.93 Å². The highest BCUT2D eigenvalue weighted by atomic mass is 19.4. The molecule has 0 aromatic heterocycles. The first-order valence-corrected chi connectivity index (χ1v) is 2.45. The lowest BCUT2D eigenvalue weighted by molar-refractivity contribution is 0.0925. The quantitative estimate of drug-likeness (QED) is 0.413. The van der Waals surface area contributed by atoms with Gasteiger partial charge in [0, 0.05) is 0 Å². The zero-order chi connectivity index (χ0) is 7.65. The van der Waals surface area contributed by atoms with Crippen molar-refractivity contribution in [3.8, 4) is 0 Å². The zero-order valence-corrected chi connectivity index (χ0v) is 5.61. The van der Waals surface area contributed by atoms with Gasteiger partial charge in [-0.2, -0.15) is 0 Å². The second-order valence-electron chi connectivity index (χ2n) is 1.96. The van der Waals surface area contributed by atoms with E-state index in [9.17, 15) is 12.9 Å². The average molecular weight is 141 g/mol. The van der Waals surface area contributed by atoms with Crippen molar-refractivity contribution in [2.45, 2.75) is 0 Å². The molecule has 2 nitrogen and oxygen atoms in total. The minimum atomic E-state index is -4.85. The van der Waals surface area contributed by atoms with E-state index in [0.29, 0.717) is 0 Å². The molecule has 0 N–H and O–H groups in total. The van der Waals surface area contributed by atoms with E-state index in [1.165, 1.54) is 14.1 Å². The minimum Gasteiger partial charge on any atom is -0.433 e. The highest BCUT2D eigenvalue weighted by Crippen LogP contribution is 2.12. The largest absolute Gasteiger partial charge is 0.580 e. The molecule has 0 saturated heterocycles. The van der Waals surface area contributed by atoms with Crippen LogP contribution in [0.3, 0.4) is 0 Å². The molecule has 0 unspecified atom stereocenters. The molecule has 0 radical (unpaired) electrons. The molecule has 0 heterocycles. The smallest absolute Gasteiger partial charge is 0.433 e. The average Bonchev–Trinajstić information content (AvgIpc) is 1.62. The molecular formula is C3H9BF3N2-. The van der Waals surface area contributed by atoms with E-state index in [4.69, 9.17) is 0 Å². The van der Waals surface area contributed by atoms with Crippen molar-refractivity contribution < 1.29 is 12.9 Å². The van der Waals surface area contributed by atoms with Crippen LogP contribution in [0.2, 0.25) is 0 Å². The molecule has 0 aromatic rings. The summed E-state index contributed by atoms with van der Waals surface area (Å²) in [6.45, 7) is 0. The Morgan fingerprint density at radius 3 is 1.33 bits per heavy atom. The van der Waals surface area contributed by atoms with Gasteiger partial charge < -0.3 is 17.9 Å². The van der Waals surface area contributed by atoms with E-state index in [2.05, 4.69) is 0 Å². The Morgan fingerprint density at radius 1 is 1.00 bits per heavy atom. The van der Waals surface area contributed by atoms with Gasteiger partial charge >= 0.3 is 7.11 Å². The Labute approximate surface area is 52.3 Å². The number of hydrazine groups is 1. The van der Waals surface area contributed by atoms with Crippen molar-refractivity contribution in [2.24, 2.45) is 0 Å². The van der Waals surface area contributed by atoms with Gasteiger partial charge in [-0.05, 0) is 21.1 Å². The molecular weight excluding hydrogens is 132 g/mol. The summed E-state index contributed by atoms with van der Waals surface area (Å²) in [7, 11) is -1.18. The molecule has 0 aliphatic carbocycles. The van der Waals surface area contributed by atoms with E-state index in [0.717, 1.165) is 12.1 Å². The summed E-state index contributed by atoms with van der Waals surface area (Å²) in [5.41, 5.74) is 0. The number of halogens is 3. The fourth-order valence-electron chi connectivity index (χ4n) is 0.262. The predicted octanol–water partition coefficient (Wildman–Crippen LogP) is 0.739. The van der Waals surface area contributed by atoms with Gasteiger partial charge in [0.2, 0.25) is 0 Å². The second-order valence-corrected chi connectivity index (χ2v) is 1.96. The van der Waals surface area contributed by atoms with Gasteiger partial charge in [0.1, 0.15) is 0 Å². The van der Waals surface area contributed by atoms with Crippen LogP contribution >= 0.6 is 0 Å². The van der Waals surface area contributed by atoms with E-state index in [1.807, 2.05) is 0 Å². The SMILES string of the molecule is CN(C)N(C)[B-](F)(F)F. The Morgan fingerprint density at radius 2 is 1.33 bits per heavy atom. The Kier molecular flexibility index (Phi) is 2.51. The number of nitrogens with zero attached hydrogens (tertiary/aromatic N) is 2. The highest BCUT2D eigenvalue weighted by Gasteiger charge is 2.30. The van der Waals surface area contributed by atoms with Gasteiger partial charge in [-0.25, -0.2) is 0 Å². The summed E-state index contributed by atoms with van der Waals surface area (Å²) in [6.07, 6.45) is 0. The first kappa shape index (κ1) is 8.77. The van der Waals surface area contributed by atoms with E-state index in [-0.39, 0.29) is 4.92 Å². The Bertz CT molecular complexity index is 91.5. The molecule has 0 rings (SSSR count). The fourth-order valence-corrected chi connectivity index (χ4v) is 0.262. The predicted molar refractivity (Wildman–Crippen MR) is 30.5 cm³/mol. The van der Waals surface area contributed by atoms with E-state index < -0.39 is 7.11 Å². The lowest BCUT2D eigenvalue weighted by Gasteiger charge is -2.33. The molecule has 0 saturated carbocycles. The standard InChI is InChI=1S/C3H9BF3N2/c1-8(2)9(3)4(5,6)7/h1-3H3/q-1. The summed E-state index contributed by atoms with van der Waals surface area (Å²) >= 11 is 0. The second kappa shape index (κ2) is 2.57. The molecule has 56 valence electrons. The van der Waals surface area contributed by atoms with Gasteiger partial charge in [0.25, 0.3) is 0 Å². The molecule has 0 spiro atoms. The third kappa shape index (κ3) is 2.71. The lowest BCUT2D eigenvalue weighted by atomic mass is 10.1. The number of hydrogen-bond donors (Lipinski definition) is 0. The van der Waals surface area contributed by atoms with Crippen LogP contribution in [-0.4, -0.2) is 38.2 Å². The van der Waals surface area contributed by atoms with Crippen LogP contribution in [0.25, 0.3) is 0 Å². The third-order valence-electron chi connectivity index (χ3n) is 1.05. The van der Waals surface area contributed by atoms with Crippen LogP contribution < -0.4 is 0 Å². The van der Waals surface area contributed by atoms with Crippen LogP contribution in [0.5, 0.6) is 0 Å². The van der Waals surface area contributed by atoms with Gasteiger partial charge in [-0.1, -0.05) is 0 Å². The summed E-state index contributed by atoms with van der Waals surface area (Å²) < 4.78 is 34.9. The van der Waals surface area contributed by atoms with Crippen molar-refractivity contribution >= 4 is 7.11 Å². The maximum absolute atomic E-state index is 11.6. The number of hydrogen-bond acceptors (Lipinski definition) is 2. The van der Waals surface area contributed by atoms with Crippen LogP contribution in [0.15, 0.2) is 0 Å². The van der Waals surface area contributed by atoms with Crippen molar-refractivity contribution in [2.75, 3.05) is 21.1 Å². The molecule has 0 atom stereocenters. The van der Waals surface area contributed by atoms with Gasteiger partial charge in [0.15, 0.2) is 0 Å². The summed E-state index contributed by atoms with van der Waals surface area (Å²) in [6, 6.07) is 0. The summed E-state index contributed by atoms with van der Waals surface area (Å²) in [5, 5.41) is 0.986. The van der Waals surface area contributed by atoms with Gasteiger partial charge in [0.05, 0.1) is 0 Å². The topological polar surface area (TPSA) is 6.48 Å².